The molecule has 0 spiro atoms. The number of aromatic hydroxyl groups is 1. The van der Waals surface area contributed by atoms with Gasteiger partial charge in [0.2, 0.25) is 5.88 Å². The standard InChI is InChI=1S/C13H12N2O3/c1-8-5-6-15-13(11(8)12(14)17)18-10-4-2-3-9(16)7-10/h2-7,16H,1H3,(H2,14,17). The van der Waals surface area contributed by atoms with Crippen LogP contribution in [0.2, 0.25) is 0 Å². The molecule has 0 aliphatic heterocycles. The summed E-state index contributed by atoms with van der Waals surface area (Å²) in [6, 6.07) is 7.90. The Balaban J connectivity index is 2.40. The molecule has 1 aromatic carbocycles. The van der Waals surface area contributed by atoms with Crippen LogP contribution in [-0.2, 0) is 0 Å². The molecule has 0 radical (unpaired) electrons. The molecule has 0 unspecified atom stereocenters. The molecule has 0 fully saturated rings. The van der Waals surface area contributed by atoms with Crippen LogP contribution in [0.4, 0.5) is 0 Å². The molecule has 1 heterocycles. The molecule has 0 aliphatic carbocycles. The smallest absolute Gasteiger partial charge is 0.254 e. The van der Waals surface area contributed by atoms with Gasteiger partial charge in [0.05, 0.1) is 0 Å². The van der Waals surface area contributed by atoms with Crippen molar-refractivity contribution in [3.05, 3.63) is 47.7 Å². The number of phenolic OH excluding ortho intramolecular Hbond substituents is 1. The number of aryl methyl sites for hydroxylation is 1. The quantitative estimate of drug-likeness (QED) is 0.864. The maximum atomic E-state index is 11.4. The van der Waals surface area contributed by atoms with Crippen LogP contribution in [0.1, 0.15) is 15.9 Å². The molecule has 5 nitrogen and oxygen atoms in total. The van der Waals surface area contributed by atoms with Gasteiger partial charge >= 0.3 is 0 Å². The minimum Gasteiger partial charge on any atom is -0.508 e. The molecule has 0 bridgehead atoms. The zero-order chi connectivity index (χ0) is 13.1. The lowest BCUT2D eigenvalue weighted by molar-refractivity contribution is 0.0997. The van der Waals surface area contributed by atoms with Crippen LogP contribution in [0.25, 0.3) is 0 Å². The van der Waals surface area contributed by atoms with E-state index in [2.05, 4.69) is 4.98 Å². The highest BCUT2D eigenvalue weighted by Crippen LogP contribution is 2.26. The van der Waals surface area contributed by atoms with Crippen molar-refractivity contribution in [2.24, 2.45) is 5.73 Å². The van der Waals surface area contributed by atoms with E-state index in [-0.39, 0.29) is 17.2 Å². The number of nitrogens with zero attached hydrogens (tertiary/aromatic N) is 1. The Hall–Kier alpha value is -2.56. The van der Waals surface area contributed by atoms with E-state index in [1.807, 2.05) is 0 Å². The maximum absolute atomic E-state index is 11.4. The molecular formula is C13H12N2O3. The average molecular weight is 244 g/mol. The summed E-state index contributed by atoms with van der Waals surface area (Å²) in [5.41, 5.74) is 6.22. The molecule has 2 rings (SSSR count). The Labute approximate surface area is 104 Å². The SMILES string of the molecule is Cc1ccnc(Oc2cccc(O)c2)c1C(N)=O. The van der Waals surface area contributed by atoms with Crippen LogP contribution in [0.3, 0.4) is 0 Å². The molecule has 0 saturated carbocycles. The zero-order valence-electron chi connectivity index (χ0n) is 9.75. The van der Waals surface area contributed by atoms with Crippen LogP contribution >= 0.6 is 0 Å². The van der Waals surface area contributed by atoms with Crippen LogP contribution < -0.4 is 10.5 Å². The fourth-order valence-electron chi connectivity index (χ4n) is 1.57. The number of hydrogen-bond donors (Lipinski definition) is 2. The minimum absolute atomic E-state index is 0.0702. The average Bonchev–Trinajstić information content (AvgIpc) is 2.28. The normalized spacial score (nSPS) is 10.1. The summed E-state index contributed by atoms with van der Waals surface area (Å²) < 4.78 is 5.46. The molecule has 1 aromatic heterocycles. The second-order valence-corrected chi connectivity index (χ2v) is 3.77. The number of primary amides is 1. The number of nitrogens with two attached hydrogens (primary N) is 1. The third-order valence-electron chi connectivity index (χ3n) is 2.40. The Morgan fingerprint density at radius 2 is 2.17 bits per heavy atom. The van der Waals surface area contributed by atoms with Gasteiger partial charge in [-0.3, -0.25) is 4.79 Å². The van der Waals surface area contributed by atoms with E-state index in [1.165, 1.54) is 18.3 Å². The first-order valence-electron chi connectivity index (χ1n) is 5.30. The van der Waals surface area contributed by atoms with Crippen LogP contribution in [0.5, 0.6) is 17.4 Å². The van der Waals surface area contributed by atoms with E-state index in [4.69, 9.17) is 10.5 Å². The van der Waals surface area contributed by atoms with E-state index >= 15 is 0 Å². The Bertz CT molecular complexity index is 597. The summed E-state index contributed by atoms with van der Waals surface area (Å²) in [4.78, 5) is 15.3. The number of pyridine rings is 1. The van der Waals surface area contributed by atoms with Crippen LogP contribution in [-0.4, -0.2) is 16.0 Å². The number of carbonyl (C=O) groups is 1. The molecule has 2 aromatic rings. The summed E-state index contributed by atoms with van der Waals surface area (Å²) in [6.07, 6.45) is 1.53. The highest BCUT2D eigenvalue weighted by atomic mass is 16.5. The number of phenols is 1. The predicted molar refractivity (Wildman–Crippen MR) is 65.7 cm³/mol. The minimum atomic E-state index is -0.601. The molecule has 0 saturated heterocycles. The molecule has 0 aliphatic rings. The number of benzene rings is 1. The fourth-order valence-corrected chi connectivity index (χ4v) is 1.57. The highest BCUT2D eigenvalue weighted by molar-refractivity contribution is 5.96. The van der Waals surface area contributed by atoms with Gasteiger partial charge in [0.25, 0.3) is 5.91 Å². The van der Waals surface area contributed by atoms with Gasteiger partial charge in [-0.05, 0) is 30.7 Å². The summed E-state index contributed by atoms with van der Waals surface area (Å²) in [5.74, 6) is -0.0137. The van der Waals surface area contributed by atoms with Gasteiger partial charge in [0.15, 0.2) is 0 Å². The molecule has 3 N–H and O–H groups in total. The Morgan fingerprint density at radius 1 is 1.39 bits per heavy atom. The van der Waals surface area contributed by atoms with Gasteiger partial charge in [0, 0.05) is 12.3 Å². The highest BCUT2D eigenvalue weighted by Gasteiger charge is 2.14. The topological polar surface area (TPSA) is 85.4 Å². The number of ether oxygens (including phenoxy) is 1. The number of rotatable bonds is 3. The molecular weight excluding hydrogens is 232 g/mol. The summed E-state index contributed by atoms with van der Waals surface area (Å²) >= 11 is 0. The fraction of sp³-hybridized carbons (Fsp3) is 0.0769. The van der Waals surface area contributed by atoms with Gasteiger partial charge in [-0.2, -0.15) is 0 Å². The van der Waals surface area contributed by atoms with Crippen molar-refractivity contribution in [2.45, 2.75) is 6.92 Å². The number of aromatic nitrogens is 1. The van der Waals surface area contributed by atoms with Gasteiger partial charge in [0.1, 0.15) is 17.1 Å². The first-order chi connectivity index (χ1) is 8.58. The van der Waals surface area contributed by atoms with Crippen molar-refractivity contribution < 1.29 is 14.6 Å². The molecule has 0 atom stereocenters. The molecule has 18 heavy (non-hydrogen) atoms. The second-order valence-electron chi connectivity index (χ2n) is 3.77. The number of carbonyl (C=O) groups excluding carboxylic acids is 1. The first-order valence-corrected chi connectivity index (χ1v) is 5.30. The monoisotopic (exact) mass is 244 g/mol. The van der Waals surface area contributed by atoms with Crippen LogP contribution in [0, 0.1) is 6.92 Å². The number of hydrogen-bond acceptors (Lipinski definition) is 4. The Kier molecular flexibility index (Phi) is 3.14. The van der Waals surface area contributed by atoms with Crippen molar-refractivity contribution in [3.8, 4) is 17.4 Å². The Morgan fingerprint density at radius 3 is 2.83 bits per heavy atom. The van der Waals surface area contributed by atoms with E-state index in [1.54, 1.807) is 25.1 Å². The van der Waals surface area contributed by atoms with Crippen molar-refractivity contribution in [3.63, 3.8) is 0 Å². The lowest BCUT2D eigenvalue weighted by Crippen LogP contribution is -2.14. The van der Waals surface area contributed by atoms with Crippen molar-refractivity contribution in [1.29, 1.82) is 0 Å². The summed E-state index contributed by atoms with van der Waals surface area (Å²) in [6.45, 7) is 1.75. The third-order valence-corrected chi connectivity index (χ3v) is 2.40. The summed E-state index contributed by atoms with van der Waals surface area (Å²) in [7, 11) is 0. The van der Waals surface area contributed by atoms with E-state index in [9.17, 15) is 9.90 Å². The molecule has 1 amide bonds. The van der Waals surface area contributed by atoms with E-state index in [0.29, 0.717) is 11.3 Å². The van der Waals surface area contributed by atoms with Gasteiger partial charge in [-0.15, -0.1) is 0 Å². The zero-order valence-corrected chi connectivity index (χ0v) is 9.75. The lowest BCUT2D eigenvalue weighted by Gasteiger charge is -2.09. The van der Waals surface area contributed by atoms with Gasteiger partial charge < -0.3 is 15.6 Å². The van der Waals surface area contributed by atoms with Crippen molar-refractivity contribution in [2.75, 3.05) is 0 Å². The predicted octanol–water partition coefficient (Wildman–Crippen LogP) is 1.99. The largest absolute Gasteiger partial charge is 0.508 e. The molecule has 5 heteroatoms. The van der Waals surface area contributed by atoms with Crippen molar-refractivity contribution in [1.82, 2.24) is 4.98 Å². The van der Waals surface area contributed by atoms with E-state index < -0.39 is 5.91 Å². The lowest BCUT2D eigenvalue weighted by atomic mass is 10.1. The molecule has 92 valence electrons. The summed E-state index contributed by atoms with van der Waals surface area (Å²) in [5, 5.41) is 9.33. The third kappa shape index (κ3) is 2.40. The maximum Gasteiger partial charge on any atom is 0.254 e. The first kappa shape index (κ1) is 11.9. The number of amides is 1. The van der Waals surface area contributed by atoms with Crippen LogP contribution in [0.15, 0.2) is 36.5 Å². The van der Waals surface area contributed by atoms with Crippen molar-refractivity contribution >= 4 is 5.91 Å². The second kappa shape index (κ2) is 4.75. The van der Waals surface area contributed by atoms with Gasteiger partial charge in [-0.1, -0.05) is 6.07 Å². The van der Waals surface area contributed by atoms with E-state index in [0.717, 1.165) is 0 Å². The van der Waals surface area contributed by atoms with Gasteiger partial charge in [-0.25, -0.2) is 4.98 Å².